The molecule has 1 aliphatic rings. The van der Waals surface area contributed by atoms with E-state index in [0.29, 0.717) is 30.4 Å². The third-order valence-corrected chi connectivity index (χ3v) is 5.48. The van der Waals surface area contributed by atoms with Gasteiger partial charge in [0.1, 0.15) is 11.3 Å². The summed E-state index contributed by atoms with van der Waals surface area (Å²) < 4.78 is 10.5. The molecule has 29 heavy (non-hydrogen) atoms. The van der Waals surface area contributed by atoms with Crippen molar-refractivity contribution in [3.05, 3.63) is 28.7 Å². The van der Waals surface area contributed by atoms with Crippen LogP contribution in [0.5, 0.6) is 0 Å². The van der Waals surface area contributed by atoms with Crippen molar-refractivity contribution in [2.24, 2.45) is 0 Å². The van der Waals surface area contributed by atoms with Crippen LogP contribution >= 0.6 is 0 Å². The fraction of sp³-hybridized carbons (Fsp3) is 0.650. The van der Waals surface area contributed by atoms with E-state index in [2.05, 4.69) is 25.9 Å². The lowest BCUT2D eigenvalue weighted by atomic mass is 9.89. The highest BCUT2D eigenvalue weighted by molar-refractivity contribution is 5.76. The zero-order valence-corrected chi connectivity index (χ0v) is 17.3. The molecule has 1 fully saturated rings. The van der Waals surface area contributed by atoms with Gasteiger partial charge in [-0.15, -0.1) is 0 Å². The topological polar surface area (TPSA) is 123 Å². The quantitative estimate of drug-likeness (QED) is 0.681. The predicted octanol–water partition coefficient (Wildman–Crippen LogP) is 2.61. The van der Waals surface area contributed by atoms with Gasteiger partial charge in [-0.2, -0.15) is 4.98 Å². The molecule has 1 saturated carbocycles. The van der Waals surface area contributed by atoms with Gasteiger partial charge in [-0.3, -0.25) is 9.59 Å². The van der Waals surface area contributed by atoms with Crippen molar-refractivity contribution in [2.75, 3.05) is 0 Å². The maximum Gasteiger partial charge on any atom is 0.227 e. The van der Waals surface area contributed by atoms with Crippen molar-refractivity contribution in [1.29, 1.82) is 0 Å². The molecule has 0 atom stereocenters. The normalized spacial score (nSPS) is 16.2. The van der Waals surface area contributed by atoms with Gasteiger partial charge in [-0.25, -0.2) is 0 Å². The monoisotopic (exact) mass is 403 g/mol. The molecule has 3 rings (SSSR count). The molecule has 158 valence electrons. The Bertz CT molecular complexity index is 829. The Kier molecular flexibility index (Phi) is 6.66. The van der Waals surface area contributed by atoms with E-state index in [4.69, 9.17) is 9.05 Å². The van der Waals surface area contributed by atoms with Gasteiger partial charge in [-0.05, 0) is 26.7 Å². The molecule has 2 amide bonds. The largest absolute Gasteiger partial charge is 0.361 e. The van der Waals surface area contributed by atoms with Crippen molar-refractivity contribution in [2.45, 2.75) is 84.2 Å². The van der Waals surface area contributed by atoms with Gasteiger partial charge in [0.2, 0.25) is 17.7 Å². The molecule has 2 N–H and O–H groups in total. The summed E-state index contributed by atoms with van der Waals surface area (Å²) in [5, 5.41) is 13.9. The van der Waals surface area contributed by atoms with Crippen LogP contribution in [0.25, 0.3) is 0 Å². The second kappa shape index (κ2) is 9.19. The van der Waals surface area contributed by atoms with Gasteiger partial charge < -0.3 is 19.7 Å². The Morgan fingerprint density at radius 3 is 2.41 bits per heavy atom. The summed E-state index contributed by atoms with van der Waals surface area (Å²) in [6.07, 6.45) is 6.46. The molecule has 0 unspecified atom stereocenters. The molecule has 0 bridgehead atoms. The molecule has 1 aliphatic carbocycles. The first-order valence-electron chi connectivity index (χ1n) is 10.2. The van der Waals surface area contributed by atoms with Crippen LogP contribution < -0.4 is 10.6 Å². The van der Waals surface area contributed by atoms with Gasteiger partial charge in [0.05, 0.1) is 5.69 Å². The average molecular weight is 403 g/mol. The number of hydrogen-bond acceptors (Lipinski definition) is 7. The van der Waals surface area contributed by atoms with Crippen molar-refractivity contribution in [3.63, 3.8) is 0 Å². The van der Waals surface area contributed by atoms with Gasteiger partial charge in [0.25, 0.3) is 0 Å². The summed E-state index contributed by atoms with van der Waals surface area (Å²) >= 11 is 0. The van der Waals surface area contributed by atoms with Crippen molar-refractivity contribution in [1.82, 2.24) is 25.9 Å². The fourth-order valence-corrected chi connectivity index (χ4v) is 3.87. The summed E-state index contributed by atoms with van der Waals surface area (Å²) in [4.78, 5) is 28.5. The molecular weight excluding hydrogens is 374 g/mol. The van der Waals surface area contributed by atoms with E-state index >= 15 is 0 Å². The zero-order valence-electron chi connectivity index (χ0n) is 17.3. The molecule has 2 aromatic heterocycles. The predicted molar refractivity (Wildman–Crippen MR) is 104 cm³/mol. The first-order chi connectivity index (χ1) is 13.9. The Morgan fingerprint density at radius 1 is 1.07 bits per heavy atom. The van der Waals surface area contributed by atoms with E-state index in [0.717, 1.165) is 49.8 Å². The summed E-state index contributed by atoms with van der Waals surface area (Å²) in [6, 6.07) is 0. The minimum atomic E-state index is -0.574. The Balaban J connectivity index is 1.58. The first-order valence-corrected chi connectivity index (χ1v) is 10.2. The fourth-order valence-electron chi connectivity index (χ4n) is 3.87. The lowest BCUT2D eigenvalue weighted by molar-refractivity contribution is -0.122. The smallest absolute Gasteiger partial charge is 0.227 e. The summed E-state index contributed by atoms with van der Waals surface area (Å²) in [5.41, 5.74) is 1.09. The van der Waals surface area contributed by atoms with Gasteiger partial charge in [0, 0.05) is 31.9 Å². The highest BCUT2D eigenvalue weighted by Crippen LogP contribution is 2.34. The molecule has 0 spiro atoms. The van der Waals surface area contributed by atoms with Crippen molar-refractivity contribution in [3.8, 4) is 0 Å². The van der Waals surface area contributed by atoms with Gasteiger partial charge in [-0.1, -0.05) is 36.0 Å². The van der Waals surface area contributed by atoms with Crippen molar-refractivity contribution < 1.29 is 18.6 Å². The van der Waals surface area contributed by atoms with Crippen LogP contribution in [-0.2, 0) is 28.1 Å². The van der Waals surface area contributed by atoms with Gasteiger partial charge >= 0.3 is 0 Å². The summed E-state index contributed by atoms with van der Waals surface area (Å²) in [7, 11) is 0. The summed E-state index contributed by atoms with van der Waals surface area (Å²) in [6.45, 7) is 5.55. The highest BCUT2D eigenvalue weighted by Gasteiger charge is 2.38. The van der Waals surface area contributed by atoms with Crippen LogP contribution in [0.15, 0.2) is 9.05 Å². The van der Waals surface area contributed by atoms with E-state index in [1.165, 1.54) is 6.92 Å². The number of carbonyl (C=O) groups is 2. The van der Waals surface area contributed by atoms with Crippen molar-refractivity contribution >= 4 is 11.8 Å². The molecule has 9 heteroatoms. The molecule has 0 radical (unpaired) electrons. The summed E-state index contributed by atoms with van der Waals surface area (Å²) in [5.74, 6) is 1.41. The number of carbonyl (C=O) groups excluding carboxylic acids is 2. The number of nitrogens with zero attached hydrogens (tertiary/aromatic N) is 3. The molecule has 0 aromatic carbocycles. The van der Waals surface area contributed by atoms with E-state index in [1.54, 1.807) is 0 Å². The zero-order chi connectivity index (χ0) is 20.9. The van der Waals surface area contributed by atoms with E-state index in [-0.39, 0.29) is 18.2 Å². The molecule has 0 saturated heterocycles. The second-order valence-corrected chi connectivity index (χ2v) is 7.77. The lowest BCUT2D eigenvalue weighted by Gasteiger charge is -2.30. The SMILES string of the molecule is CC(=O)NC1(c2noc(CCC(=O)NCc3c(C)noc3C)n2)CCCCCC1. The first kappa shape index (κ1) is 21.0. The maximum absolute atomic E-state index is 12.2. The number of nitrogens with one attached hydrogen (secondary N) is 2. The number of rotatable bonds is 7. The lowest BCUT2D eigenvalue weighted by Crippen LogP contribution is -2.45. The molecule has 0 aliphatic heterocycles. The third-order valence-electron chi connectivity index (χ3n) is 5.48. The van der Waals surface area contributed by atoms with Crippen LogP contribution in [0.2, 0.25) is 0 Å². The Hall–Kier alpha value is -2.71. The van der Waals surface area contributed by atoms with Crippen LogP contribution in [0, 0.1) is 13.8 Å². The number of aromatic nitrogens is 3. The van der Waals surface area contributed by atoms with E-state index in [9.17, 15) is 9.59 Å². The maximum atomic E-state index is 12.2. The van der Waals surface area contributed by atoms with Crippen LogP contribution in [-0.4, -0.2) is 27.1 Å². The number of hydrogen-bond donors (Lipinski definition) is 2. The Labute approximate surface area is 170 Å². The van der Waals surface area contributed by atoms with Crippen LogP contribution in [0.4, 0.5) is 0 Å². The van der Waals surface area contributed by atoms with E-state index < -0.39 is 5.54 Å². The molecule has 9 nitrogen and oxygen atoms in total. The molecule has 2 heterocycles. The molecular formula is C20H29N5O4. The number of aryl methyl sites for hydroxylation is 3. The average Bonchev–Trinajstić information content (AvgIpc) is 3.20. The minimum absolute atomic E-state index is 0.100. The number of amides is 2. The standard InChI is InChI=1S/C20H29N5O4/c1-13-16(14(2)28-24-13)12-21-17(27)8-9-18-22-19(25-29-18)20(23-15(3)26)10-6-4-5-7-11-20/h4-12H2,1-3H3,(H,21,27)(H,23,26). The third kappa shape index (κ3) is 5.21. The van der Waals surface area contributed by atoms with Crippen LogP contribution in [0.3, 0.4) is 0 Å². The van der Waals surface area contributed by atoms with E-state index in [1.807, 2.05) is 13.8 Å². The van der Waals surface area contributed by atoms with Gasteiger partial charge in [0.15, 0.2) is 5.82 Å². The van der Waals surface area contributed by atoms with Crippen LogP contribution in [0.1, 0.15) is 80.6 Å². The highest BCUT2D eigenvalue weighted by atomic mass is 16.5. The minimum Gasteiger partial charge on any atom is -0.361 e. The second-order valence-electron chi connectivity index (χ2n) is 7.77. The molecule has 2 aromatic rings. The Morgan fingerprint density at radius 2 is 1.79 bits per heavy atom.